The number of nitrogens with zero attached hydrogens (tertiary/aromatic N) is 1. The minimum Gasteiger partial charge on any atom is -0.466 e. The van der Waals surface area contributed by atoms with Gasteiger partial charge in [0.05, 0.1) is 25.8 Å². The fraction of sp³-hybridized carbons (Fsp3) is 0.333. The predicted molar refractivity (Wildman–Crippen MR) is 89.0 cm³/mol. The van der Waals surface area contributed by atoms with Crippen molar-refractivity contribution in [3.8, 4) is 0 Å². The average Bonchev–Trinajstić information content (AvgIpc) is 2.92. The van der Waals surface area contributed by atoms with Crippen molar-refractivity contribution in [2.75, 3.05) is 39.2 Å². The number of carbonyl (C=O) groups excluding carboxylic acids is 2. The number of benzene rings is 1. The van der Waals surface area contributed by atoms with E-state index in [4.69, 9.17) is 5.11 Å². The number of hydrogen-bond donors (Lipinski definition) is 3. The van der Waals surface area contributed by atoms with Crippen LogP contribution in [-0.4, -0.2) is 64.2 Å². The maximum Gasteiger partial charge on any atom is 0.337 e. The van der Waals surface area contributed by atoms with Crippen LogP contribution in [0.5, 0.6) is 0 Å². The second-order valence-electron chi connectivity index (χ2n) is 5.27. The van der Waals surface area contributed by atoms with E-state index in [1.807, 2.05) is 4.72 Å². The molecule has 0 bridgehead atoms. The van der Waals surface area contributed by atoms with E-state index in [9.17, 15) is 22.4 Å². The van der Waals surface area contributed by atoms with Crippen LogP contribution in [0.2, 0.25) is 0 Å². The molecule has 0 aromatic heterocycles. The van der Waals surface area contributed by atoms with Gasteiger partial charge < -0.3 is 20.1 Å². The van der Waals surface area contributed by atoms with Crippen LogP contribution in [-0.2, 0) is 24.3 Å². The van der Waals surface area contributed by atoms with Gasteiger partial charge >= 0.3 is 5.97 Å². The standard InChI is InChI=1S/C15H18FN3O6S/c1-17-26(23,24)12-7-9(3-4-11(12)16)18-13-10(15(22)25-2)8-19(5-6-20)14(13)21/h3-4,7,17-18,20H,5-6,8H2,1-2H3. The van der Waals surface area contributed by atoms with Crippen LogP contribution >= 0.6 is 0 Å². The summed E-state index contributed by atoms with van der Waals surface area (Å²) in [7, 11) is -1.76. The molecule has 0 saturated carbocycles. The molecule has 1 aromatic carbocycles. The quantitative estimate of drug-likeness (QED) is 0.534. The van der Waals surface area contributed by atoms with Crippen molar-refractivity contribution in [2.45, 2.75) is 4.90 Å². The van der Waals surface area contributed by atoms with E-state index in [-0.39, 0.29) is 36.7 Å². The SMILES string of the molecule is CNS(=O)(=O)c1cc(NC2=C(C(=O)OC)CN(CCO)C2=O)ccc1F. The van der Waals surface area contributed by atoms with Gasteiger partial charge in [0, 0.05) is 12.2 Å². The number of ether oxygens (including phenoxy) is 1. The van der Waals surface area contributed by atoms with Gasteiger partial charge in [0.15, 0.2) is 0 Å². The van der Waals surface area contributed by atoms with Crippen molar-refractivity contribution in [1.82, 2.24) is 9.62 Å². The summed E-state index contributed by atoms with van der Waals surface area (Å²) in [6.45, 7) is -0.362. The van der Waals surface area contributed by atoms with Gasteiger partial charge in [-0.05, 0) is 25.2 Å². The molecule has 1 amide bonds. The first-order valence-corrected chi connectivity index (χ1v) is 8.95. The average molecular weight is 387 g/mol. The lowest BCUT2D eigenvalue weighted by atomic mass is 10.2. The summed E-state index contributed by atoms with van der Waals surface area (Å²) in [6, 6.07) is 3.16. The number of β-amino-alcohol motifs (C(OH)–C–C–N with tert-alkyl or cyclic N) is 1. The summed E-state index contributed by atoms with van der Waals surface area (Å²) in [5, 5.41) is 11.7. The van der Waals surface area contributed by atoms with Crippen molar-refractivity contribution in [2.24, 2.45) is 0 Å². The number of aliphatic hydroxyl groups excluding tert-OH is 1. The van der Waals surface area contributed by atoms with E-state index in [1.54, 1.807) is 0 Å². The number of amides is 1. The molecule has 3 N–H and O–H groups in total. The Labute approximate surface area is 149 Å². The molecule has 0 aliphatic carbocycles. The number of esters is 1. The van der Waals surface area contributed by atoms with Gasteiger partial charge in [-0.1, -0.05) is 0 Å². The third kappa shape index (κ3) is 3.84. The Morgan fingerprint density at radius 1 is 1.42 bits per heavy atom. The van der Waals surface area contributed by atoms with Crippen molar-refractivity contribution in [1.29, 1.82) is 0 Å². The normalized spacial score (nSPS) is 14.8. The molecule has 2 rings (SSSR count). The molecule has 1 heterocycles. The molecule has 0 saturated heterocycles. The summed E-state index contributed by atoms with van der Waals surface area (Å²) >= 11 is 0. The van der Waals surface area contributed by atoms with Gasteiger partial charge in [-0.15, -0.1) is 0 Å². The number of carbonyl (C=O) groups is 2. The molecule has 0 atom stereocenters. The number of halogens is 1. The van der Waals surface area contributed by atoms with Crippen LogP contribution in [0.25, 0.3) is 0 Å². The van der Waals surface area contributed by atoms with Crippen molar-refractivity contribution >= 4 is 27.6 Å². The molecule has 142 valence electrons. The number of sulfonamides is 1. The Morgan fingerprint density at radius 2 is 2.12 bits per heavy atom. The van der Waals surface area contributed by atoms with E-state index in [0.29, 0.717) is 0 Å². The van der Waals surface area contributed by atoms with E-state index in [0.717, 1.165) is 26.3 Å². The number of aliphatic hydroxyl groups is 1. The Kier molecular flexibility index (Phi) is 5.95. The molecule has 26 heavy (non-hydrogen) atoms. The molecule has 1 aliphatic rings. The molecule has 11 heteroatoms. The van der Waals surface area contributed by atoms with Crippen molar-refractivity contribution in [3.63, 3.8) is 0 Å². The molecule has 0 radical (unpaired) electrons. The topological polar surface area (TPSA) is 125 Å². The zero-order valence-electron chi connectivity index (χ0n) is 14.1. The van der Waals surface area contributed by atoms with Crippen LogP contribution in [0, 0.1) is 5.82 Å². The lowest BCUT2D eigenvalue weighted by Crippen LogP contribution is -2.31. The minimum atomic E-state index is -4.05. The molecular weight excluding hydrogens is 369 g/mol. The maximum absolute atomic E-state index is 13.8. The highest BCUT2D eigenvalue weighted by molar-refractivity contribution is 7.89. The maximum atomic E-state index is 13.8. The summed E-state index contributed by atoms with van der Waals surface area (Å²) < 4.78 is 44.2. The van der Waals surface area contributed by atoms with Gasteiger partial charge in [-0.25, -0.2) is 22.3 Å². The van der Waals surface area contributed by atoms with E-state index in [2.05, 4.69) is 10.1 Å². The zero-order valence-corrected chi connectivity index (χ0v) is 14.9. The minimum absolute atomic E-state index is 0.00725. The molecule has 0 fully saturated rings. The number of hydrogen-bond acceptors (Lipinski definition) is 7. The number of methoxy groups -OCH3 is 1. The first kappa shape index (κ1) is 19.8. The predicted octanol–water partition coefficient (Wildman–Crippen LogP) is -0.593. The van der Waals surface area contributed by atoms with Gasteiger partial charge in [0.25, 0.3) is 5.91 Å². The van der Waals surface area contributed by atoms with Gasteiger partial charge in [-0.3, -0.25) is 4.79 Å². The summed E-state index contributed by atoms with van der Waals surface area (Å²) in [6.07, 6.45) is 0. The van der Waals surface area contributed by atoms with E-state index >= 15 is 0 Å². The molecular formula is C15H18FN3O6S. The number of rotatable bonds is 7. The largest absolute Gasteiger partial charge is 0.466 e. The van der Waals surface area contributed by atoms with Gasteiger partial charge in [0.1, 0.15) is 16.4 Å². The third-order valence-electron chi connectivity index (χ3n) is 3.71. The second-order valence-corrected chi connectivity index (χ2v) is 7.13. The summed E-state index contributed by atoms with van der Waals surface area (Å²) in [5.41, 5.74) is -0.00570. The number of nitrogens with one attached hydrogen (secondary N) is 2. The fourth-order valence-electron chi connectivity index (χ4n) is 2.39. The van der Waals surface area contributed by atoms with Gasteiger partial charge in [0.2, 0.25) is 10.0 Å². The number of anilines is 1. The van der Waals surface area contributed by atoms with Crippen molar-refractivity contribution in [3.05, 3.63) is 35.3 Å². The lowest BCUT2D eigenvalue weighted by Gasteiger charge is -2.15. The van der Waals surface area contributed by atoms with Crippen LogP contribution in [0.3, 0.4) is 0 Å². The zero-order chi connectivity index (χ0) is 19.5. The smallest absolute Gasteiger partial charge is 0.337 e. The Morgan fingerprint density at radius 3 is 2.69 bits per heavy atom. The second kappa shape index (κ2) is 7.81. The molecule has 1 aliphatic heterocycles. The first-order chi connectivity index (χ1) is 12.2. The van der Waals surface area contributed by atoms with Gasteiger partial charge in [-0.2, -0.15) is 0 Å². The first-order valence-electron chi connectivity index (χ1n) is 7.47. The molecule has 0 spiro atoms. The molecule has 9 nitrogen and oxygen atoms in total. The molecule has 1 aromatic rings. The highest BCUT2D eigenvalue weighted by atomic mass is 32.2. The molecule has 0 unspecified atom stereocenters. The van der Waals surface area contributed by atoms with E-state index < -0.39 is 32.6 Å². The van der Waals surface area contributed by atoms with Crippen LogP contribution < -0.4 is 10.0 Å². The Hall–Kier alpha value is -2.50. The Balaban J connectivity index is 2.43. The summed E-state index contributed by atoms with van der Waals surface area (Å²) in [4.78, 5) is 24.9. The summed E-state index contributed by atoms with van der Waals surface area (Å²) in [5.74, 6) is -2.28. The van der Waals surface area contributed by atoms with Crippen LogP contribution in [0.15, 0.2) is 34.4 Å². The Bertz CT molecular complexity index is 868. The third-order valence-corrected chi connectivity index (χ3v) is 5.14. The van der Waals surface area contributed by atoms with Crippen LogP contribution in [0.1, 0.15) is 0 Å². The highest BCUT2D eigenvalue weighted by Crippen LogP contribution is 2.25. The lowest BCUT2D eigenvalue weighted by molar-refractivity contribution is -0.136. The highest BCUT2D eigenvalue weighted by Gasteiger charge is 2.34. The van der Waals surface area contributed by atoms with Crippen molar-refractivity contribution < 1.29 is 32.2 Å². The van der Waals surface area contributed by atoms with E-state index in [1.165, 1.54) is 11.0 Å². The van der Waals surface area contributed by atoms with Crippen LogP contribution in [0.4, 0.5) is 10.1 Å². The fourth-order valence-corrected chi connectivity index (χ4v) is 3.22. The monoisotopic (exact) mass is 387 g/mol.